The van der Waals surface area contributed by atoms with Gasteiger partial charge in [0.15, 0.2) is 17.2 Å². The molecule has 5 nitrogen and oxygen atoms in total. The minimum absolute atomic E-state index is 0.326. The Morgan fingerprint density at radius 3 is 1.44 bits per heavy atom. The molecule has 0 bridgehead atoms. The van der Waals surface area contributed by atoms with Gasteiger partial charge in [0, 0.05) is 0 Å². The van der Waals surface area contributed by atoms with Gasteiger partial charge in [0.1, 0.15) is 5.75 Å². The lowest BCUT2D eigenvalue weighted by Gasteiger charge is -2.06. The molecule has 0 aromatic heterocycles. The van der Waals surface area contributed by atoms with Crippen LogP contribution in [0.4, 0.5) is 0 Å². The lowest BCUT2D eigenvalue weighted by atomic mass is 10.3. The number of methoxy groups -OCH3 is 1. The zero-order valence-corrected chi connectivity index (χ0v) is 9.70. The van der Waals surface area contributed by atoms with E-state index in [1.54, 1.807) is 55.6 Å². The van der Waals surface area contributed by atoms with E-state index in [1.165, 1.54) is 0 Å². The summed E-state index contributed by atoms with van der Waals surface area (Å²) >= 11 is 0. The Kier molecular flexibility index (Phi) is 3.88. The summed E-state index contributed by atoms with van der Waals surface area (Å²) in [6, 6.07) is 13.3. The zero-order chi connectivity index (χ0) is 12.8. The first-order valence-corrected chi connectivity index (χ1v) is 5.22. The molecule has 2 aromatic carbocycles. The topological polar surface area (TPSA) is 57.2 Å². The van der Waals surface area contributed by atoms with Crippen molar-refractivity contribution in [3.63, 3.8) is 0 Å². The Bertz CT molecular complexity index is 430. The van der Waals surface area contributed by atoms with Crippen molar-refractivity contribution in [2.24, 2.45) is 0 Å². The highest BCUT2D eigenvalue weighted by atomic mass is 17.2. The quantitative estimate of drug-likeness (QED) is 0.651. The molecule has 0 saturated heterocycles. The fourth-order valence-corrected chi connectivity index (χ4v) is 1.28. The van der Waals surface area contributed by atoms with Crippen molar-refractivity contribution in [1.29, 1.82) is 0 Å². The number of benzene rings is 2. The predicted molar refractivity (Wildman–Crippen MR) is 63.9 cm³/mol. The first kappa shape index (κ1) is 12.1. The molecule has 0 radical (unpaired) electrons. The van der Waals surface area contributed by atoms with Crippen LogP contribution in [0.15, 0.2) is 48.5 Å². The second-order valence-corrected chi connectivity index (χ2v) is 3.40. The third-order valence-electron chi connectivity index (χ3n) is 2.22. The van der Waals surface area contributed by atoms with Crippen LogP contribution in [0.2, 0.25) is 0 Å². The maximum Gasteiger partial charge on any atom is 0.178 e. The summed E-state index contributed by atoms with van der Waals surface area (Å²) in [5, 5.41) is 8.40. The van der Waals surface area contributed by atoms with Crippen LogP contribution < -0.4 is 19.4 Å². The van der Waals surface area contributed by atoms with Crippen molar-refractivity contribution in [3.05, 3.63) is 48.5 Å². The lowest BCUT2D eigenvalue weighted by Crippen LogP contribution is -2.00. The van der Waals surface area contributed by atoms with Crippen LogP contribution >= 0.6 is 0 Å². The molecule has 0 fully saturated rings. The second-order valence-electron chi connectivity index (χ2n) is 3.40. The normalized spacial score (nSPS) is 9.67. The molecule has 1 N–H and O–H groups in total. The maximum atomic E-state index is 8.40. The molecule has 0 aliphatic rings. The van der Waals surface area contributed by atoms with Crippen molar-refractivity contribution in [2.45, 2.75) is 0 Å². The van der Waals surface area contributed by atoms with Gasteiger partial charge < -0.3 is 9.62 Å². The Morgan fingerprint density at radius 2 is 1.06 bits per heavy atom. The molecule has 2 aromatic rings. The maximum absolute atomic E-state index is 8.40. The van der Waals surface area contributed by atoms with Gasteiger partial charge in [-0.05, 0) is 48.5 Å². The summed E-state index contributed by atoms with van der Waals surface area (Å²) in [4.78, 5) is 14.2. The van der Waals surface area contributed by atoms with Gasteiger partial charge in [-0.2, -0.15) is 0 Å². The lowest BCUT2D eigenvalue weighted by molar-refractivity contribution is -0.137. The summed E-state index contributed by atoms with van der Waals surface area (Å²) in [5.41, 5.74) is 0. The molecule has 0 spiro atoms. The SMILES string of the molecule is COc1ccc(OOc2ccc(OO)cc2)cc1. The number of hydrogen-bond acceptors (Lipinski definition) is 5. The first-order chi connectivity index (χ1) is 8.81. The highest BCUT2D eigenvalue weighted by Gasteiger charge is 1.99. The van der Waals surface area contributed by atoms with Crippen LogP contribution in [0.3, 0.4) is 0 Å². The van der Waals surface area contributed by atoms with Crippen LogP contribution in [0.5, 0.6) is 23.0 Å². The van der Waals surface area contributed by atoms with E-state index in [0.29, 0.717) is 17.2 Å². The van der Waals surface area contributed by atoms with Crippen LogP contribution in [0.1, 0.15) is 0 Å². The summed E-state index contributed by atoms with van der Waals surface area (Å²) in [5.74, 6) is 2.11. The van der Waals surface area contributed by atoms with Gasteiger partial charge in [-0.25, -0.2) is 5.26 Å². The Morgan fingerprint density at radius 1 is 0.667 bits per heavy atom. The van der Waals surface area contributed by atoms with Crippen LogP contribution in [-0.2, 0) is 0 Å². The molecule has 0 aliphatic carbocycles. The minimum Gasteiger partial charge on any atom is -0.497 e. The van der Waals surface area contributed by atoms with E-state index in [-0.39, 0.29) is 0 Å². The van der Waals surface area contributed by atoms with Crippen molar-refractivity contribution in [3.8, 4) is 23.0 Å². The highest BCUT2D eigenvalue weighted by molar-refractivity contribution is 5.32. The summed E-state index contributed by atoms with van der Waals surface area (Å²) < 4.78 is 5.02. The standard InChI is InChI=1S/C13H12O5/c1-15-10-2-6-12(7-3-10)17-18-13-8-4-11(16-14)5-9-13/h2-9,14H,1H3. The van der Waals surface area contributed by atoms with Gasteiger partial charge in [0.2, 0.25) is 0 Å². The van der Waals surface area contributed by atoms with Crippen molar-refractivity contribution < 1.29 is 24.7 Å². The molecule has 18 heavy (non-hydrogen) atoms. The summed E-state index contributed by atoms with van der Waals surface area (Å²) in [6.07, 6.45) is 0. The van der Waals surface area contributed by atoms with E-state index in [4.69, 9.17) is 19.8 Å². The number of ether oxygens (including phenoxy) is 1. The van der Waals surface area contributed by atoms with Crippen molar-refractivity contribution >= 4 is 0 Å². The molecular weight excluding hydrogens is 236 g/mol. The van der Waals surface area contributed by atoms with Gasteiger partial charge in [-0.1, -0.05) is 0 Å². The Balaban J connectivity index is 1.93. The Hall–Kier alpha value is -2.40. The fourth-order valence-electron chi connectivity index (χ4n) is 1.28. The fraction of sp³-hybridized carbons (Fsp3) is 0.0769. The number of rotatable bonds is 5. The monoisotopic (exact) mass is 248 g/mol. The molecule has 0 atom stereocenters. The minimum atomic E-state index is 0.326. The third-order valence-corrected chi connectivity index (χ3v) is 2.22. The van der Waals surface area contributed by atoms with E-state index in [0.717, 1.165) is 5.75 Å². The van der Waals surface area contributed by atoms with Crippen LogP contribution in [-0.4, -0.2) is 12.4 Å². The molecule has 0 heterocycles. The van der Waals surface area contributed by atoms with Gasteiger partial charge >= 0.3 is 0 Å². The largest absolute Gasteiger partial charge is 0.497 e. The molecule has 94 valence electrons. The van der Waals surface area contributed by atoms with E-state index in [1.807, 2.05) is 0 Å². The zero-order valence-electron chi connectivity index (χ0n) is 9.70. The highest BCUT2D eigenvalue weighted by Crippen LogP contribution is 2.20. The summed E-state index contributed by atoms with van der Waals surface area (Å²) in [6.45, 7) is 0. The first-order valence-electron chi connectivity index (χ1n) is 5.22. The molecule has 2 rings (SSSR count). The van der Waals surface area contributed by atoms with E-state index in [9.17, 15) is 0 Å². The van der Waals surface area contributed by atoms with E-state index in [2.05, 4.69) is 4.89 Å². The molecule has 0 aliphatic heterocycles. The summed E-state index contributed by atoms with van der Waals surface area (Å²) in [7, 11) is 1.59. The third kappa shape index (κ3) is 3.05. The van der Waals surface area contributed by atoms with Gasteiger partial charge in [-0.15, -0.1) is 0 Å². The Labute approximate surface area is 104 Å². The average molecular weight is 248 g/mol. The van der Waals surface area contributed by atoms with Gasteiger partial charge in [0.25, 0.3) is 0 Å². The van der Waals surface area contributed by atoms with Crippen LogP contribution in [0, 0.1) is 0 Å². The molecule has 0 unspecified atom stereocenters. The average Bonchev–Trinajstić information content (AvgIpc) is 2.46. The molecular formula is C13H12O5. The van der Waals surface area contributed by atoms with E-state index >= 15 is 0 Å². The van der Waals surface area contributed by atoms with Crippen molar-refractivity contribution in [2.75, 3.05) is 7.11 Å². The molecule has 5 heteroatoms. The van der Waals surface area contributed by atoms with Gasteiger partial charge in [-0.3, -0.25) is 9.78 Å². The van der Waals surface area contributed by atoms with Crippen LogP contribution in [0.25, 0.3) is 0 Å². The number of hydrogen-bond donors (Lipinski definition) is 1. The molecule has 0 amide bonds. The second kappa shape index (κ2) is 5.79. The smallest absolute Gasteiger partial charge is 0.178 e. The molecule has 0 saturated carbocycles. The predicted octanol–water partition coefficient (Wildman–Crippen LogP) is 2.92. The van der Waals surface area contributed by atoms with Crippen molar-refractivity contribution in [1.82, 2.24) is 0 Å². The van der Waals surface area contributed by atoms with E-state index < -0.39 is 0 Å². The van der Waals surface area contributed by atoms with Gasteiger partial charge in [0.05, 0.1) is 7.11 Å².